The Labute approximate surface area is 452 Å². The van der Waals surface area contributed by atoms with E-state index in [1.807, 2.05) is 0 Å². The van der Waals surface area contributed by atoms with E-state index >= 15 is 0 Å². The topological polar surface area (TPSA) is 149 Å². The normalized spacial score (nSPS) is 19.9. The molecule has 1 rings (SSSR count). The summed E-state index contributed by atoms with van der Waals surface area (Å²) in [6.07, 6.45) is 72.5. The molecule has 422 valence electrons. The SMILES string of the molecule is CC/C=C\C/C=C\C/C=C\C/C=C\C/C=C\C/C=C\C/C=C\C/C=C\C/C=C\C/C=C\CCCCCCCCCCCCC(=O)NC(COC1OC(CO)C(O)C(O)C1O)C(O)CCCCCCCCCCCC. The Kier molecular flexibility index (Phi) is 49.1. The molecule has 0 spiro atoms. The van der Waals surface area contributed by atoms with Crippen LogP contribution in [0.1, 0.15) is 226 Å². The summed E-state index contributed by atoms with van der Waals surface area (Å²) in [5.41, 5.74) is 0. The van der Waals surface area contributed by atoms with Crippen molar-refractivity contribution in [3.05, 3.63) is 122 Å². The van der Waals surface area contributed by atoms with Crippen molar-refractivity contribution in [1.29, 1.82) is 0 Å². The summed E-state index contributed by atoms with van der Waals surface area (Å²) in [5, 5.41) is 54.4. The number of hydrogen-bond donors (Lipinski definition) is 6. The van der Waals surface area contributed by atoms with E-state index < -0.39 is 49.5 Å². The zero-order valence-electron chi connectivity index (χ0n) is 46.8. The maximum Gasteiger partial charge on any atom is 0.220 e. The molecule has 1 aliphatic rings. The number of ether oxygens (including phenoxy) is 2. The molecular weight excluding hydrogens is 923 g/mol. The highest BCUT2D eigenvalue weighted by Crippen LogP contribution is 2.23. The molecule has 74 heavy (non-hydrogen) atoms. The lowest BCUT2D eigenvalue weighted by Crippen LogP contribution is -2.60. The molecule has 0 aliphatic carbocycles. The summed E-state index contributed by atoms with van der Waals surface area (Å²) in [6.45, 7) is 3.69. The third kappa shape index (κ3) is 41.8. The molecule has 9 heteroatoms. The van der Waals surface area contributed by atoms with Crippen molar-refractivity contribution in [2.75, 3.05) is 13.2 Å². The lowest BCUT2D eigenvalue weighted by Gasteiger charge is -2.40. The van der Waals surface area contributed by atoms with Crippen molar-refractivity contribution in [1.82, 2.24) is 5.32 Å². The second kappa shape index (κ2) is 53.0. The van der Waals surface area contributed by atoms with Crippen molar-refractivity contribution in [3.63, 3.8) is 0 Å². The van der Waals surface area contributed by atoms with Crippen LogP contribution in [0.5, 0.6) is 0 Å². The van der Waals surface area contributed by atoms with Gasteiger partial charge in [0, 0.05) is 6.42 Å². The fourth-order valence-electron chi connectivity index (χ4n) is 8.66. The van der Waals surface area contributed by atoms with Crippen LogP contribution in [0.4, 0.5) is 0 Å². The van der Waals surface area contributed by atoms with Gasteiger partial charge in [-0.25, -0.2) is 0 Å². The number of allylic oxidation sites excluding steroid dienone is 20. The Hall–Kier alpha value is -3.41. The van der Waals surface area contributed by atoms with Crippen LogP contribution in [0, 0.1) is 0 Å². The third-order valence-electron chi connectivity index (χ3n) is 13.3. The van der Waals surface area contributed by atoms with Gasteiger partial charge in [-0.05, 0) is 89.9 Å². The van der Waals surface area contributed by atoms with Gasteiger partial charge >= 0.3 is 0 Å². The van der Waals surface area contributed by atoms with Crippen molar-refractivity contribution in [3.8, 4) is 0 Å². The minimum absolute atomic E-state index is 0.145. The van der Waals surface area contributed by atoms with Gasteiger partial charge in [-0.15, -0.1) is 0 Å². The van der Waals surface area contributed by atoms with Crippen LogP contribution in [0.3, 0.4) is 0 Å². The molecule has 1 heterocycles. The monoisotopic (exact) mass is 1030 g/mol. The Morgan fingerprint density at radius 3 is 1.24 bits per heavy atom. The Balaban J connectivity index is 2.10. The highest BCUT2D eigenvalue weighted by molar-refractivity contribution is 5.76. The van der Waals surface area contributed by atoms with Crippen LogP contribution in [0.15, 0.2) is 122 Å². The number of hydrogen-bond acceptors (Lipinski definition) is 8. The third-order valence-corrected chi connectivity index (χ3v) is 13.3. The quantitative estimate of drug-likeness (QED) is 0.0261. The van der Waals surface area contributed by atoms with Crippen LogP contribution in [-0.4, -0.2) is 87.5 Å². The predicted octanol–water partition coefficient (Wildman–Crippen LogP) is 15.1. The number of rotatable bonds is 49. The lowest BCUT2D eigenvalue weighted by atomic mass is 9.99. The summed E-state index contributed by atoms with van der Waals surface area (Å²) in [7, 11) is 0. The van der Waals surface area contributed by atoms with Gasteiger partial charge in [0.05, 0.1) is 25.4 Å². The molecule has 0 saturated carbocycles. The van der Waals surface area contributed by atoms with E-state index in [1.165, 1.54) is 89.9 Å². The summed E-state index contributed by atoms with van der Waals surface area (Å²) < 4.78 is 11.3. The van der Waals surface area contributed by atoms with Crippen molar-refractivity contribution in [2.45, 2.75) is 269 Å². The largest absolute Gasteiger partial charge is 0.394 e. The van der Waals surface area contributed by atoms with Gasteiger partial charge in [0.1, 0.15) is 24.4 Å². The molecule has 1 saturated heterocycles. The molecule has 0 aromatic heterocycles. The summed E-state index contributed by atoms with van der Waals surface area (Å²) in [4.78, 5) is 13.0. The van der Waals surface area contributed by atoms with E-state index in [1.54, 1.807) is 0 Å². The Morgan fingerprint density at radius 1 is 0.473 bits per heavy atom. The van der Waals surface area contributed by atoms with E-state index in [4.69, 9.17) is 9.47 Å². The van der Waals surface area contributed by atoms with Crippen LogP contribution < -0.4 is 5.32 Å². The predicted molar refractivity (Wildman–Crippen MR) is 313 cm³/mol. The van der Waals surface area contributed by atoms with Gasteiger partial charge in [-0.3, -0.25) is 4.79 Å². The molecule has 9 nitrogen and oxygen atoms in total. The number of unbranched alkanes of at least 4 members (excludes halogenated alkanes) is 19. The highest BCUT2D eigenvalue weighted by Gasteiger charge is 2.44. The van der Waals surface area contributed by atoms with Gasteiger partial charge in [-0.2, -0.15) is 0 Å². The van der Waals surface area contributed by atoms with Crippen molar-refractivity contribution in [2.24, 2.45) is 0 Å². The molecule has 1 amide bonds. The minimum Gasteiger partial charge on any atom is -0.394 e. The molecule has 6 N–H and O–H groups in total. The van der Waals surface area contributed by atoms with E-state index in [0.29, 0.717) is 12.8 Å². The van der Waals surface area contributed by atoms with E-state index in [2.05, 4.69) is 141 Å². The van der Waals surface area contributed by atoms with E-state index in [0.717, 1.165) is 109 Å². The van der Waals surface area contributed by atoms with Crippen LogP contribution >= 0.6 is 0 Å². The number of amides is 1. The number of aliphatic hydroxyl groups excluding tert-OH is 5. The first-order valence-corrected chi connectivity index (χ1v) is 29.7. The minimum atomic E-state index is -1.56. The van der Waals surface area contributed by atoms with Crippen molar-refractivity contribution < 1.29 is 39.8 Å². The van der Waals surface area contributed by atoms with Gasteiger partial charge < -0.3 is 40.3 Å². The molecule has 1 fully saturated rings. The lowest BCUT2D eigenvalue weighted by molar-refractivity contribution is -0.302. The van der Waals surface area contributed by atoms with E-state index in [9.17, 15) is 30.3 Å². The molecule has 1 aliphatic heterocycles. The standard InChI is InChI=1S/C65H109NO8/c1-3-5-7-9-11-13-15-16-17-18-19-20-21-22-23-24-25-26-27-28-29-30-31-32-33-34-35-36-37-38-39-40-41-42-43-44-45-47-49-51-53-55-61(69)66-58(57-73-65-64(72)63(71)62(70)60(56-67)74-65)59(68)54-52-50-48-46-14-12-10-8-6-4-2/h5,7,11,13,16-17,19-20,22-23,25-26,28-29,31-32,34-35,37-38,58-60,62-65,67-68,70-72H,3-4,6,8-10,12,14-15,18,21,24,27,30,33,36,39-57H2,1-2H3,(H,66,69)/b7-5-,13-11-,17-16-,20-19-,23-22-,26-25-,29-28-,32-31-,35-34-,38-37-. The molecule has 7 atom stereocenters. The summed E-state index contributed by atoms with van der Waals surface area (Å²) >= 11 is 0. The zero-order valence-corrected chi connectivity index (χ0v) is 46.8. The average molecular weight is 1030 g/mol. The van der Waals surface area contributed by atoms with E-state index in [-0.39, 0.29) is 12.5 Å². The highest BCUT2D eigenvalue weighted by atomic mass is 16.7. The number of carbonyl (C=O) groups excluding carboxylic acids is 1. The fraction of sp³-hybridized carbons (Fsp3) is 0.677. The van der Waals surface area contributed by atoms with Crippen LogP contribution in [0.25, 0.3) is 0 Å². The Morgan fingerprint density at radius 2 is 0.838 bits per heavy atom. The first-order valence-electron chi connectivity index (χ1n) is 29.7. The molecule has 7 unspecified atom stereocenters. The zero-order chi connectivity index (χ0) is 53.6. The molecular formula is C65H109NO8. The first kappa shape index (κ1) is 68.6. The maximum atomic E-state index is 13.0. The average Bonchev–Trinajstić information content (AvgIpc) is 3.40. The van der Waals surface area contributed by atoms with Gasteiger partial charge in [0.2, 0.25) is 5.91 Å². The molecule has 0 bridgehead atoms. The van der Waals surface area contributed by atoms with Gasteiger partial charge in [-0.1, -0.05) is 251 Å². The van der Waals surface area contributed by atoms with Crippen LogP contribution in [-0.2, 0) is 14.3 Å². The molecule has 0 radical (unpaired) electrons. The first-order chi connectivity index (χ1) is 36.3. The Bertz CT molecular complexity index is 1570. The fourth-order valence-corrected chi connectivity index (χ4v) is 8.66. The second-order valence-corrected chi connectivity index (χ2v) is 20.1. The maximum absolute atomic E-state index is 13.0. The summed E-state index contributed by atoms with van der Waals surface area (Å²) in [6, 6.07) is -0.727. The molecule has 0 aromatic carbocycles. The van der Waals surface area contributed by atoms with Crippen LogP contribution in [0.2, 0.25) is 0 Å². The van der Waals surface area contributed by atoms with Gasteiger partial charge in [0.15, 0.2) is 6.29 Å². The second-order valence-electron chi connectivity index (χ2n) is 20.1. The summed E-state index contributed by atoms with van der Waals surface area (Å²) in [5.74, 6) is -0.156. The number of carbonyl (C=O) groups is 1. The molecule has 0 aromatic rings. The number of aliphatic hydroxyl groups is 5. The van der Waals surface area contributed by atoms with Gasteiger partial charge in [0.25, 0.3) is 0 Å². The van der Waals surface area contributed by atoms with Crippen molar-refractivity contribution >= 4 is 5.91 Å². The number of nitrogens with one attached hydrogen (secondary N) is 1. The smallest absolute Gasteiger partial charge is 0.220 e.